The second-order valence-electron chi connectivity index (χ2n) is 9.23. The monoisotopic (exact) mass is 407 g/mol. The minimum absolute atomic E-state index is 0.112. The summed E-state index contributed by atoms with van der Waals surface area (Å²) in [7, 11) is 0. The summed E-state index contributed by atoms with van der Waals surface area (Å²) >= 11 is 0. The first-order chi connectivity index (χ1) is 14.3. The van der Waals surface area contributed by atoms with Crippen molar-refractivity contribution in [3.8, 4) is 0 Å². The number of nitrogens with zero attached hydrogens (tertiary/aromatic N) is 1. The Morgan fingerprint density at radius 1 is 1.07 bits per heavy atom. The van der Waals surface area contributed by atoms with Crippen LogP contribution < -0.4 is 0 Å². The summed E-state index contributed by atoms with van der Waals surface area (Å²) in [5, 5.41) is 0. The van der Waals surface area contributed by atoms with E-state index in [0.29, 0.717) is 17.4 Å². The number of esters is 1. The Labute approximate surface area is 175 Å². The van der Waals surface area contributed by atoms with Crippen molar-refractivity contribution < 1.29 is 23.9 Å². The van der Waals surface area contributed by atoms with Crippen LogP contribution in [0.3, 0.4) is 0 Å². The standard InChI is InChI=1S/C24H25NO5/c1-11-4-5-12(2)16(8-11)19(26)10-30-24(29)13(3)25-22(27)20-14-6-7-15(18-9-17(14)18)21(20)23(25)28/h4-8,13-15,17-18,20-21H,9-10H2,1-3H3. The number of carbonyl (C=O) groups is 4. The van der Waals surface area contributed by atoms with Crippen LogP contribution in [-0.4, -0.2) is 41.1 Å². The van der Waals surface area contributed by atoms with E-state index in [-0.39, 0.29) is 41.3 Å². The molecule has 1 aromatic rings. The summed E-state index contributed by atoms with van der Waals surface area (Å²) in [6, 6.07) is 4.50. The highest BCUT2D eigenvalue weighted by molar-refractivity contribution is 6.09. The molecule has 7 atom stereocenters. The molecule has 2 bridgehead atoms. The molecule has 0 aromatic heterocycles. The normalized spacial score (nSPS) is 33.9. The van der Waals surface area contributed by atoms with Crippen LogP contribution in [0.1, 0.15) is 34.8 Å². The second kappa shape index (κ2) is 6.62. The fourth-order valence-electron chi connectivity index (χ4n) is 5.84. The molecular weight excluding hydrogens is 382 g/mol. The van der Waals surface area contributed by atoms with Crippen LogP contribution in [0.5, 0.6) is 0 Å². The maximum absolute atomic E-state index is 13.1. The van der Waals surface area contributed by atoms with Gasteiger partial charge >= 0.3 is 5.97 Å². The molecule has 6 heteroatoms. The number of allylic oxidation sites excluding steroid dienone is 2. The predicted molar refractivity (Wildman–Crippen MR) is 107 cm³/mol. The number of imide groups is 1. The first kappa shape index (κ1) is 19.2. The van der Waals surface area contributed by atoms with Crippen LogP contribution >= 0.6 is 0 Å². The second-order valence-corrected chi connectivity index (χ2v) is 9.23. The molecule has 1 heterocycles. The van der Waals surface area contributed by atoms with E-state index in [1.165, 1.54) is 6.92 Å². The Hall–Kier alpha value is -2.76. The summed E-state index contributed by atoms with van der Waals surface area (Å²) in [5.74, 6) is -0.996. The molecule has 0 N–H and O–H groups in total. The first-order valence-electron chi connectivity index (χ1n) is 10.6. The van der Waals surface area contributed by atoms with Gasteiger partial charge in [0.1, 0.15) is 6.04 Å². The molecule has 7 unspecified atom stereocenters. The molecule has 6 nitrogen and oxygen atoms in total. The maximum atomic E-state index is 13.1. The Balaban J connectivity index is 1.27. The average Bonchev–Trinajstić information content (AvgIpc) is 3.51. The minimum Gasteiger partial charge on any atom is -0.456 e. The molecule has 0 radical (unpaired) electrons. The third-order valence-corrected chi connectivity index (χ3v) is 7.46. The fourth-order valence-corrected chi connectivity index (χ4v) is 5.84. The van der Waals surface area contributed by atoms with Gasteiger partial charge in [0.15, 0.2) is 6.61 Å². The molecule has 1 aliphatic heterocycles. The zero-order valence-electron chi connectivity index (χ0n) is 17.3. The summed E-state index contributed by atoms with van der Waals surface area (Å²) in [6.07, 6.45) is 5.29. The smallest absolute Gasteiger partial charge is 0.329 e. The highest BCUT2D eigenvalue weighted by atomic mass is 16.5. The van der Waals surface area contributed by atoms with E-state index >= 15 is 0 Å². The molecule has 1 saturated heterocycles. The SMILES string of the molecule is Cc1ccc(C)c(C(=O)COC(=O)C(C)N2C(=O)C3C4C=CC(C5CC45)C3C2=O)c1. The number of carbonyl (C=O) groups excluding carboxylic acids is 4. The zero-order valence-corrected chi connectivity index (χ0v) is 17.3. The molecule has 2 saturated carbocycles. The van der Waals surface area contributed by atoms with Crippen LogP contribution in [0.15, 0.2) is 30.4 Å². The molecule has 0 spiro atoms. The van der Waals surface area contributed by atoms with E-state index in [4.69, 9.17) is 4.74 Å². The van der Waals surface area contributed by atoms with Crippen molar-refractivity contribution in [2.24, 2.45) is 35.5 Å². The van der Waals surface area contributed by atoms with Crippen LogP contribution in [-0.2, 0) is 19.1 Å². The van der Waals surface area contributed by atoms with Gasteiger partial charge in [0.25, 0.3) is 0 Å². The van der Waals surface area contributed by atoms with Gasteiger partial charge in [-0.1, -0.05) is 29.8 Å². The van der Waals surface area contributed by atoms with Gasteiger partial charge in [-0.2, -0.15) is 0 Å². The highest BCUT2D eigenvalue weighted by Crippen LogP contribution is 2.65. The number of hydrogen-bond acceptors (Lipinski definition) is 5. The number of hydrogen-bond donors (Lipinski definition) is 0. The van der Waals surface area contributed by atoms with Crippen molar-refractivity contribution in [1.82, 2.24) is 4.90 Å². The van der Waals surface area contributed by atoms with Gasteiger partial charge in [-0.05, 0) is 62.5 Å². The van der Waals surface area contributed by atoms with Crippen molar-refractivity contribution in [3.63, 3.8) is 0 Å². The number of aryl methyl sites for hydroxylation is 2. The number of likely N-dealkylation sites (tertiary alicyclic amines) is 1. The molecule has 4 aliphatic carbocycles. The van der Waals surface area contributed by atoms with E-state index in [9.17, 15) is 19.2 Å². The van der Waals surface area contributed by atoms with Crippen molar-refractivity contribution in [2.75, 3.05) is 6.61 Å². The highest BCUT2D eigenvalue weighted by Gasteiger charge is 2.67. The van der Waals surface area contributed by atoms with Crippen LogP contribution in [0.25, 0.3) is 0 Å². The lowest BCUT2D eigenvalue weighted by atomic mass is 9.63. The van der Waals surface area contributed by atoms with Crippen molar-refractivity contribution in [3.05, 3.63) is 47.0 Å². The van der Waals surface area contributed by atoms with Crippen molar-refractivity contribution in [2.45, 2.75) is 33.2 Å². The van der Waals surface area contributed by atoms with E-state index in [1.807, 2.05) is 26.0 Å². The van der Waals surface area contributed by atoms with E-state index < -0.39 is 18.6 Å². The van der Waals surface area contributed by atoms with Gasteiger partial charge in [-0.15, -0.1) is 0 Å². The minimum atomic E-state index is -1.03. The van der Waals surface area contributed by atoms with Gasteiger partial charge in [0, 0.05) is 5.56 Å². The number of ketones is 1. The molecule has 1 aromatic carbocycles. The largest absolute Gasteiger partial charge is 0.456 e. The van der Waals surface area contributed by atoms with Gasteiger partial charge in [0.2, 0.25) is 17.6 Å². The number of ether oxygens (including phenoxy) is 1. The van der Waals surface area contributed by atoms with Gasteiger partial charge in [0.05, 0.1) is 11.8 Å². The number of Topliss-reactive ketones (excluding diaryl/α,β-unsaturated/α-hetero) is 1. The van der Waals surface area contributed by atoms with Gasteiger partial charge in [-0.3, -0.25) is 19.3 Å². The fraction of sp³-hybridized carbons (Fsp3) is 0.500. The lowest BCUT2D eigenvalue weighted by molar-refractivity contribution is -0.157. The molecule has 6 rings (SSSR count). The van der Waals surface area contributed by atoms with E-state index in [0.717, 1.165) is 22.4 Å². The molecule has 2 amide bonds. The van der Waals surface area contributed by atoms with Crippen LogP contribution in [0.2, 0.25) is 0 Å². The van der Waals surface area contributed by atoms with Crippen molar-refractivity contribution >= 4 is 23.6 Å². The summed E-state index contributed by atoms with van der Waals surface area (Å²) in [6.45, 7) is 4.81. The Morgan fingerprint density at radius 3 is 2.27 bits per heavy atom. The summed E-state index contributed by atoms with van der Waals surface area (Å²) < 4.78 is 5.23. The van der Waals surface area contributed by atoms with Crippen LogP contribution in [0, 0.1) is 49.4 Å². The Morgan fingerprint density at radius 2 is 1.67 bits per heavy atom. The Kier molecular flexibility index (Phi) is 4.24. The molecular formula is C24H25NO5. The average molecular weight is 407 g/mol. The first-order valence-corrected chi connectivity index (χ1v) is 10.6. The number of benzene rings is 1. The lowest BCUT2D eigenvalue weighted by Crippen LogP contribution is -2.45. The quantitative estimate of drug-likeness (QED) is 0.324. The lowest BCUT2D eigenvalue weighted by Gasteiger charge is -2.37. The van der Waals surface area contributed by atoms with E-state index in [2.05, 4.69) is 12.2 Å². The van der Waals surface area contributed by atoms with Crippen LogP contribution in [0.4, 0.5) is 0 Å². The molecule has 5 aliphatic rings. The van der Waals surface area contributed by atoms with E-state index in [1.54, 1.807) is 6.07 Å². The predicted octanol–water partition coefficient (Wildman–Crippen LogP) is 2.47. The van der Waals surface area contributed by atoms with Gasteiger partial charge < -0.3 is 4.74 Å². The third kappa shape index (κ3) is 2.69. The molecule has 156 valence electrons. The maximum Gasteiger partial charge on any atom is 0.329 e. The molecule has 3 fully saturated rings. The van der Waals surface area contributed by atoms with Crippen molar-refractivity contribution in [1.29, 1.82) is 0 Å². The Bertz CT molecular complexity index is 975. The molecule has 30 heavy (non-hydrogen) atoms. The topological polar surface area (TPSA) is 80.8 Å². The van der Waals surface area contributed by atoms with Gasteiger partial charge in [-0.25, -0.2) is 4.79 Å². The zero-order chi connectivity index (χ0) is 21.3. The third-order valence-electron chi connectivity index (χ3n) is 7.46. The summed E-state index contributed by atoms with van der Waals surface area (Å²) in [4.78, 5) is 52.4. The summed E-state index contributed by atoms with van der Waals surface area (Å²) in [5.41, 5.74) is 2.27. The number of amides is 2. The number of rotatable bonds is 5.